The predicted octanol–water partition coefficient (Wildman–Crippen LogP) is 2.82. The zero-order valence-corrected chi connectivity index (χ0v) is 12.9. The third-order valence-corrected chi connectivity index (χ3v) is 3.64. The van der Waals surface area contributed by atoms with E-state index in [1.54, 1.807) is 7.11 Å². The number of nitrogens with one attached hydrogen (secondary N) is 2. The van der Waals surface area contributed by atoms with Gasteiger partial charge < -0.3 is 10.1 Å². The van der Waals surface area contributed by atoms with Crippen molar-refractivity contribution in [2.75, 3.05) is 12.4 Å². The Morgan fingerprint density at radius 3 is 3.00 bits per heavy atom. The fourth-order valence-corrected chi connectivity index (χ4v) is 2.56. The van der Waals surface area contributed by atoms with E-state index in [0.29, 0.717) is 11.7 Å². The van der Waals surface area contributed by atoms with Gasteiger partial charge in [0.05, 0.1) is 7.11 Å². The molecule has 0 aliphatic carbocycles. The maximum absolute atomic E-state index is 11.8. The van der Waals surface area contributed by atoms with Crippen molar-refractivity contribution >= 4 is 22.5 Å². The van der Waals surface area contributed by atoms with Gasteiger partial charge in [0.15, 0.2) is 0 Å². The number of carbonyl (C=O) groups is 1. The van der Waals surface area contributed by atoms with E-state index in [9.17, 15) is 4.79 Å². The lowest BCUT2D eigenvalue weighted by molar-refractivity contribution is 0.251. The number of amides is 2. The number of aromatic nitrogens is 2. The van der Waals surface area contributed by atoms with Crippen LogP contribution in [0, 0.1) is 0 Å². The highest BCUT2D eigenvalue weighted by Crippen LogP contribution is 2.16. The van der Waals surface area contributed by atoms with E-state index in [-0.39, 0.29) is 6.03 Å². The van der Waals surface area contributed by atoms with Crippen LogP contribution in [0.25, 0.3) is 0 Å². The number of aryl methyl sites for hydroxylation is 1. The minimum Gasteiger partial charge on any atom is -0.497 e. The topological polar surface area (TPSA) is 76.1 Å². The third-order valence-electron chi connectivity index (χ3n) is 2.74. The van der Waals surface area contributed by atoms with Crippen molar-refractivity contribution in [3.63, 3.8) is 0 Å². The zero-order chi connectivity index (χ0) is 15.1. The molecule has 0 radical (unpaired) electrons. The molecular weight excluding hydrogens is 288 g/mol. The van der Waals surface area contributed by atoms with Crippen LogP contribution in [-0.2, 0) is 13.0 Å². The lowest BCUT2D eigenvalue weighted by Gasteiger charge is -2.06. The number of methoxy groups -OCH3 is 1. The molecule has 0 saturated carbocycles. The SMILES string of the molecule is CCCc1nnc(NC(=O)NCc2cccc(OC)c2)s1. The van der Waals surface area contributed by atoms with Crippen LogP contribution in [0.15, 0.2) is 24.3 Å². The lowest BCUT2D eigenvalue weighted by atomic mass is 10.2. The molecule has 2 aromatic rings. The van der Waals surface area contributed by atoms with Crippen LogP contribution < -0.4 is 15.4 Å². The summed E-state index contributed by atoms with van der Waals surface area (Å²) < 4.78 is 5.14. The van der Waals surface area contributed by atoms with Crippen LogP contribution in [0.5, 0.6) is 5.75 Å². The fourth-order valence-electron chi connectivity index (χ4n) is 1.73. The lowest BCUT2D eigenvalue weighted by Crippen LogP contribution is -2.28. The number of carbonyl (C=O) groups excluding carboxylic acids is 1. The van der Waals surface area contributed by atoms with Gasteiger partial charge in [-0.15, -0.1) is 10.2 Å². The van der Waals surface area contributed by atoms with Crippen LogP contribution >= 0.6 is 11.3 Å². The van der Waals surface area contributed by atoms with Gasteiger partial charge in [0.2, 0.25) is 5.13 Å². The molecule has 0 bridgehead atoms. The first kappa shape index (κ1) is 15.2. The van der Waals surface area contributed by atoms with Crippen molar-refractivity contribution in [3.05, 3.63) is 34.8 Å². The Hall–Kier alpha value is -2.15. The minimum absolute atomic E-state index is 0.294. The van der Waals surface area contributed by atoms with E-state index in [4.69, 9.17) is 4.74 Å². The molecule has 2 N–H and O–H groups in total. The highest BCUT2D eigenvalue weighted by molar-refractivity contribution is 7.15. The highest BCUT2D eigenvalue weighted by atomic mass is 32.1. The Kier molecular flexibility index (Phi) is 5.51. The van der Waals surface area contributed by atoms with Crippen LogP contribution in [0.4, 0.5) is 9.93 Å². The van der Waals surface area contributed by atoms with Crippen LogP contribution in [0.3, 0.4) is 0 Å². The van der Waals surface area contributed by atoms with Gasteiger partial charge in [-0.3, -0.25) is 5.32 Å². The van der Waals surface area contributed by atoms with Crippen molar-refractivity contribution in [3.8, 4) is 5.75 Å². The van der Waals surface area contributed by atoms with Gasteiger partial charge in [-0.1, -0.05) is 30.4 Å². The molecule has 0 aliphatic heterocycles. The number of rotatable bonds is 6. The molecule has 112 valence electrons. The monoisotopic (exact) mass is 306 g/mol. The molecule has 6 nitrogen and oxygen atoms in total. The molecule has 1 aromatic heterocycles. The average molecular weight is 306 g/mol. The van der Waals surface area contributed by atoms with Crippen LogP contribution in [0.1, 0.15) is 23.9 Å². The molecule has 0 atom stereocenters. The number of urea groups is 1. The van der Waals surface area contributed by atoms with Gasteiger partial charge in [-0.2, -0.15) is 0 Å². The van der Waals surface area contributed by atoms with E-state index in [1.165, 1.54) is 11.3 Å². The third kappa shape index (κ3) is 4.71. The summed E-state index contributed by atoms with van der Waals surface area (Å²) in [6.07, 6.45) is 1.89. The second-order valence-electron chi connectivity index (χ2n) is 4.41. The minimum atomic E-state index is -0.294. The van der Waals surface area contributed by atoms with Crippen LogP contribution in [-0.4, -0.2) is 23.3 Å². The molecule has 7 heteroatoms. The summed E-state index contributed by atoms with van der Waals surface area (Å²) in [6, 6.07) is 7.25. The molecular formula is C14H18N4O2S. The maximum Gasteiger partial charge on any atom is 0.321 e. The number of hydrogen-bond donors (Lipinski definition) is 2. The molecule has 0 spiro atoms. The van der Waals surface area contributed by atoms with E-state index in [0.717, 1.165) is 29.2 Å². The van der Waals surface area contributed by atoms with Gasteiger partial charge in [-0.05, 0) is 24.1 Å². The first-order chi connectivity index (χ1) is 10.2. The fraction of sp³-hybridized carbons (Fsp3) is 0.357. The number of hydrogen-bond acceptors (Lipinski definition) is 5. The Morgan fingerprint density at radius 2 is 2.24 bits per heavy atom. The largest absolute Gasteiger partial charge is 0.497 e. The summed E-state index contributed by atoms with van der Waals surface area (Å²) in [5.74, 6) is 0.767. The Morgan fingerprint density at radius 1 is 1.38 bits per heavy atom. The van der Waals surface area contributed by atoms with Crippen molar-refractivity contribution in [2.24, 2.45) is 0 Å². The number of ether oxygens (including phenoxy) is 1. The second-order valence-corrected chi connectivity index (χ2v) is 5.47. The molecule has 21 heavy (non-hydrogen) atoms. The van der Waals surface area contributed by atoms with Crippen LogP contribution in [0.2, 0.25) is 0 Å². The van der Waals surface area contributed by atoms with Gasteiger partial charge >= 0.3 is 6.03 Å². The summed E-state index contributed by atoms with van der Waals surface area (Å²) in [5, 5.41) is 14.8. The average Bonchev–Trinajstić information content (AvgIpc) is 2.93. The summed E-state index contributed by atoms with van der Waals surface area (Å²) in [4.78, 5) is 11.8. The van der Waals surface area contributed by atoms with E-state index < -0.39 is 0 Å². The normalized spacial score (nSPS) is 10.2. The number of benzene rings is 1. The van der Waals surface area contributed by atoms with Gasteiger partial charge in [0.25, 0.3) is 0 Å². The van der Waals surface area contributed by atoms with Crippen molar-refractivity contribution < 1.29 is 9.53 Å². The molecule has 0 unspecified atom stereocenters. The second kappa shape index (κ2) is 7.58. The summed E-state index contributed by atoms with van der Waals surface area (Å²) >= 11 is 1.40. The predicted molar refractivity (Wildman–Crippen MR) is 82.8 cm³/mol. The van der Waals surface area contributed by atoms with E-state index in [2.05, 4.69) is 27.8 Å². The molecule has 0 fully saturated rings. The Balaban J connectivity index is 1.83. The molecule has 0 saturated heterocycles. The maximum atomic E-state index is 11.8. The molecule has 1 heterocycles. The number of nitrogens with zero attached hydrogens (tertiary/aromatic N) is 2. The summed E-state index contributed by atoms with van der Waals surface area (Å²) in [7, 11) is 1.61. The molecule has 2 amide bonds. The summed E-state index contributed by atoms with van der Waals surface area (Å²) in [5.41, 5.74) is 0.966. The van der Waals surface area contributed by atoms with Crippen molar-refractivity contribution in [2.45, 2.75) is 26.3 Å². The standard InChI is InChI=1S/C14H18N4O2S/c1-3-5-12-17-18-14(21-12)16-13(19)15-9-10-6-4-7-11(8-10)20-2/h4,6-8H,3,5,9H2,1-2H3,(H2,15,16,18,19). The first-order valence-corrected chi connectivity index (χ1v) is 7.53. The van der Waals surface area contributed by atoms with Gasteiger partial charge in [0.1, 0.15) is 10.8 Å². The first-order valence-electron chi connectivity index (χ1n) is 6.71. The van der Waals surface area contributed by atoms with Crippen molar-refractivity contribution in [1.29, 1.82) is 0 Å². The molecule has 0 aliphatic rings. The number of anilines is 1. The van der Waals surface area contributed by atoms with E-state index >= 15 is 0 Å². The molecule has 2 rings (SSSR count). The zero-order valence-electron chi connectivity index (χ0n) is 12.0. The smallest absolute Gasteiger partial charge is 0.321 e. The van der Waals surface area contributed by atoms with Gasteiger partial charge in [0, 0.05) is 13.0 Å². The van der Waals surface area contributed by atoms with Gasteiger partial charge in [-0.25, -0.2) is 4.79 Å². The van der Waals surface area contributed by atoms with Crippen molar-refractivity contribution in [1.82, 2.24) is 15.5 Å². The van der Waals surface area contributed by atoms with E-state index in [1.807, 2.05) is 24.3 Å². The molecule has 1 aromatic carbocycles. The Labute approximate surface area is 127 Å². The highest BCUT2D eigenvalue weighted by Gasteiger charge is 2.07. The quantitative estimate of drug-likeness (QED) is 0.860. The summed E-state index contributed by atoms with van der Waals surface area (Å²) in [6.45, 7) is 2.50. The Bertz CT molecular complexity index is 600.